The summed E-state index contributed by atoms with van der Waals surface area (Å²) in [5, 5.41) is 6.31. The number of guanidine groups is 1. The maximum Gasteiger partial charge on any atom is 0.190 e. The number of halogens is 3. The molecule has 1 aromatic rings. The van der Waals surface area contributed by atoms with Crippen LogP contribution in [0.15, 0.2) is 23.2 Å². The smallest absolute Gasteiger partial charge is 0.190 e. The fourth-order valence-electron chi connectivity index (χ4n) is 1.74. The van der Waals surface area contributed by atoms with Gasteiger partial charge in [-0.3, -0.25) is 4.99 Å². The van der Waals surface area contributed by atoms with Crippen LogP contribution >= 0.6 is 24.0 Å². The number of nitrogens with one attached hydrogen (secondary N) is 2. The lowest BCUT2D eigenvalue weighted by molar-refractivity contribution is 0.567. The van der Waals surface area contributed by atoms with Crippen molar-refractivity contribution in [1.82, 2.24) is 10.6 Å². The number of hydrogen-bond donors (Lipinski definition) is 2. The first kappa shape index (κ1) is 20.1. The predicted molar refractivity (Wildman–Crippen MR) is 94.3 cm³/mol. The third kappa shape index (κ3) is 8.18. The summed E-state index contributed by atoms with van der Waals surface area (Å²) in [7, 11) is 1.70. The Labute approximate surface area is 142 Å². The lowest BCUT2D eigenvalue weighted by Crippen LogP contribution is -2.39. The number of benzene rings is 1. The van der Waals surface area contributed by atoms with Crippen LogP contribution in [0, 0.1) is 17.6 Å². The van der Waals surface area contributed by atoms with E-state index in [0.717, 1.165) is 19.0 Å². The maximum absolute atomic E-state index is 13.4. The van der Waals surface area contributed by atoms with Gasteiger partial charge in [-0.25, -0.2) is 8.78 Å². The zero-order valence-electron chi connectivity index (χ0n) is 12.7. The molecular formula is C15H24F2IN3. The average Bonchev–Trinajstić information content (AvgIpc) is 2.39. The molecule has 120 valence electrons. The standard InChI is InChI=1S/C15H23F2N3.HI/c1-11(2)6-8-19-15(18-3)20-9-7-12-4-5-13(16)10-14(12)17;/h4-5,10-11H,6-9H2,1-3H3,(H2,18,19,20);1H. The topological polar surface area (TPSA) is 36.4 Å². The minimum absolute atomic E-state index is 0. The second-order valence-electron chi connectivity index (χ2n) is 5.09. The molecule has 0 fully saturated rings. The zero-order chi connectivity index (χ0) is 15.0. The molecule has 6 heteroatoms. The Balaban J connectivity index is 0.00000400. The molecule has 0 saturated carbocycles. The monoisotopic (exact) mass is 411 g/mol. The van der Waals surface area contributed by atoms with Crippen LogP contribution in [0.5, 0.6) is 0 Å². The summed E-state index contributed by atoms with van der Waals surface area (Å²) in [5.41, 5.74) is 0.497. The molecule has 3 nitrogen and oxygen atoms in total. The van der Waals surface area contributed by atoms with Crippen molar-refractivity contribution in [3.8, 4) is 0 Å². The van der Waals surface area contributed by atoms with Gasteiger partial charge >= 0.3 is 0 Å². The summed E-state index contributed by atoms with van der Waals surface area (Å²) in [6.07, 6.45) is 1.55. The van der Waals surface area contributed by atoms with Crippen LogP contribution in [0.1, 0.15) is 25.8 Å². The van der Waals surface area contributed by atoms with Crippen molar-refractivity contribution in [2.75, 3.05) is 20.1 Å². The van der Waals surface area contributed by atoms with E-state index in [1.54, 1.807) is 7.05 Å². The highest BCUT2D eigenvalue weighted by Crippen LogP contribution is 2.09. The summed E-state index contributed by atoms with van der Waals surface area (Å²) < 4.78 is 26.2. The van der Waals surface area contributed by atoms with E-state index in [2.05, 4.69) is 29.5 Å². The average molecular weight is 411 g/mol. The second kappa shape index (κ2) is 10.8. The van der Waals surface area contributed by atoms with Gasteiger partial charge in [0.05, 0.1) is 0 Å². The molecule has 1 rings (SSSR count). The van der Waals surface area contributed by atoms with Crippen molar-refractivity contribution < 1.29 is 8.78 Å². The van der Waals surface area contributed by atoms with Gasteiger partial charge in [-0.1, -0.05) is 19.9 Å². The normalized spacial score (nSPS) is 11.2. The van der Waals surface area contributed by atoms with Crippen molar-refractivity contribution in [1.29, 1.82) is 0 Å². The Kier molecular flexibility index (Phi) is 10.3. The molecule has 0 atom stereocenters. The van der Waals surface area contributed by atoms with Gasteiger partial charge < -0.3 is 10.6 Å². The van der Waals surface area contributed by atoms with Gasteiger partial charge in [-0.05, 0) is 30.4 Å². The fraction of sp³-hybridized carbons (Fsp3) is 0.533. The fourth-order valence-corrected chi connectivity index (χ4v) is 1.74. The summed E-state index contributed by atoms with van der Waals surface area (Å²) >= 11 is 0. The van der Waals surface area contributed by atoms with E-state index < -0.39 is 11.6 Å². The first-order valence-electron chi connectivity index (χ1n) is 6.91. The molecular weight excluding hydrogens is 387 g/mol. The number of rotatable bonds is 6. The van der Waals surface area contributed by atoms with Gasteiger partial charge in [-0.15, -0.1) is 24.0 Å². The van der Waals surface area contributed by atoms with Crippen LogP contribution < -0.4 is 10.6 Å². The molecule has 0 saturated heterocycles. The van der Waals surface area contributed by atoms with E-state index in [4.69, 9.17) is 0 Å². The minimum Gasteiger partial charge on any atom is -0.356 e. The quantitative estimate of drug-likeness (QED) is 0.428. The van der Waals surface area contributed by atoms with Crippen molar-refractivity contribution in [3.63, 3.8) is 0 Å². The molecule has 0 radical (unpaired) electrons. The molecule has 0 aliphatic carbocycles. The Hall–Kier alpha value is -0.920. The third-order valence-corrected chi connectivity index (χ3v) is 2.94. The van der Waals surface area contributed by atoms with Gasteiger partial charge in [0, 0.05) is 26.2 Å². The first-order chi connectivity index (χ1) is 9.52. The summed E-state index contributed by atoms with van der Waals surface area (Å²) in [6, 6.07) is 3.65. The summed E-state index contributed by atoms with van der Waals surface area (Å²) in [4.78, 5) is 4.09. The van der Waals surface area contributed by atoms with Gasteiger partial charge in [0.2, 0.25) is 0 Å². The molecule has 0 aromatic heterocycles. The number of aliphatic imine (C=N–C) groups is 1. The number of hydrogen-bond acceptors (Lipinski definition) is 1. The molecule has 0 heterocycles. The minimum atomic E-state index is -0.551. The maximum atomic E-state index is 13.4. The molecule has 1 aromatic carbocycles. The lowest BCUT2D eigenvalue weighted by Gasteiger charge is -2.13. The summed E-state index contributed by atoms with van der Waals surface area (Å²) in [6.45, 7) is 5.72. The molecule has 2 N–H and O–H groups in total. The SMILES string of the molecule is CN=C(NCCc1ccc(F)cc1F)NCCC(C)C.I. The van der Waals surface area contributed by atoms with Gasteiger partial charge in [0.15, 0.2) is 5.96 Å². The van der Waals surface area contributed by atoms with E-state index in [1.165, 1.54) is 12.1 Å². The van der Waals surface area contributed by atoms with Crippen molar-refractivity contribution in [3.05, 3.63) is 35.4 Å². The Bertz CT molecular complexity index is 451. The van der Waals surface area contributed by atoms with Crippen LogP contribution in [0.2, 0.25) is 0 Å². The van der Waals surface area contributed by atoms with Crippen LogP contribution in [0.4, 0.5) is 8.78 Å². The number of nitrogens with zero attached hydrogens (tertiary/aromatic N) is 1. The Morgan fingerprint density at radius 2 is 1.86 bits per heavy atom. The van der Waals surface area contributed by atoms with Crippen LogP contribution in [0.3, 0.4) is 0 Å². The summed E-state index contributed by atoms with van der Waals surface area (Å²) in [5.74, 6) is 0.280. The lowest BCUT2D eigenvalue weighted by atomic mass is 10.1. The highest BCUT2D eigenvalue weighted by molar-refractivity contribution is 14.0. The van der Waals surface area contributed by atoms with E-state index in [-0.39, 0.29) is 24.0 Å². The molecule has 0 unspecified atom stereocenters. The molecule has 21 heavy (non-hydrogen) atoms. The molecule has 0 aliphatic heterocycles. The van der Waals surface area contributed by atoms with E-state index in [1.807, 2.05) is 0 Å². The van der Waals surface area contributed by atoms with Gasteiger partial charge in [0.1, 0.15) is 11.6 Å². The van der Waals surface area contributed by atoms with Crippen molar-refractivity contribution >= 4 is 29.9 Å². The van der Waals surface area contributed by atoms with Gasteiger partial charge in [0.25, 0.3) is 0 Å². The van der Waals surface area contributed by atoms with E-state index in [9.17, 15) is 8.78 Å². The third-order valence-electron chi connectivity index (χ3n) is 2.94. The predicted octanol–water partition coefficient (Wildman–Crippen LogP) is 3.34. The van der Waals surface area contributed by atoms with E-state index in [0.29, 0.717) is 30.4 Å². The first-order valence-corrected chi connectivity index (χ1v) is 6.91. The highest BCUT2D eigenvalue weighted by atomic mass is 127. The molecule has 0 amide bonds. The van der Waals surface area contributed by atoms with E-state index >= 15 is 0 Å². The van der Waals surface area contributed by atoms with Crippen molar-refractivity contribution in [2.45, 2.75) is 26.7 Å². The van der Waals surface area contributed by atoms with Crippen LogP contribution in [0.25, 0.3) is 0 Å². The largest absolute Gasteiger partial charge is 0.356 e. The Morgan fingerprint density at radius 1 is 1.19 bits per heavy atom. The van der Waals surface area contributed by atoms with Gasteiger partial charge in [-0.2, -0.15) is 0 Å². The van der Waals surface area contributed by atoms with Crippen molar-refractivity contribution in [2.24, 2.45) is 10.9 Å². The van der Waals surface area contributed by atoms with Crippen LogP contribution in [-0.4, -0.2) is 26.1 Å². The Morgan fingerprint density at radius 3 is 2.43 bits per heavy atom. The molecule has 0 bridgehead atoms. The van der Waals surface area contributed by atoms with Crippen LogP contribution in [-0.2, 0) is 6.42 Å². The second-order valence-corrected chi connectivity index (χ2v) is 5.09. The highest BCUT2D eigenvalue weighted by Gasteiger charge is 2.04. The zero-order valence-corrected chi connectivity index (χ0v) is 15.1. The molecule has 0 spiro atoms. The molecule has 0 aliphatic rings.